The number of benzene rings is 1. The molecule has 0 spiro atoms. The Kier molecular flexibility index (Phi) is 8.12. The fourth-order valence-corrected chi connectivity index (χ4v) is 8.59. The Morgan fingerprint density at radius 1 is 0.909 bits per heavy atom. The molecular weight excluding hydrogens is 550 g/mol. The van der Waals surface area contributed by atoms with E-state index in [-0.39, 0.29) is 22.4 Å². The van der Waals surface area contributed by atoms with Crippen LogP contribution in [0.15, 0.2) is 42.2 Å². The SMILES string of the molecule is CC(C)(C#N)c1cc(Cn2cncn2)cc(C(C)(C)C#N)c1.C[C@]12CCC(=O)C(O)=C1CC[C@@H]1[C@@H]2CC[C@]2(C)C(=O)CC[C@@H]12. The molecule has 8 heteroatoms. The van der Waals surface area contributed by atoms with Crippen LogP contribution in [0.4, 0.5) is 0 Å². The van der Waals surface area contributed by atoms with E-state index in [4.69, 9.17) is 0 Å². The lowest BCUT2D eigenvalue weighted by Gasteiger charge is -2.56. The predicted octanol–water partition coefficient (Wildman–Crippen LogP) is 6.90. The molecule has 5 atom stereocenters. The second-order valence-electron chi connectivity index (χ2n) is 15.0. The van der Waals surface area contributed by atoms with Gasteiger partial charge in [0, 0.05) is 18.3 Å². The number of ketones is 2. The number of aromatic nitrogens is 3. The largest absolute Gasteiger partial charge is 0.504 e. The first-order valence-corrected chi connectivity index (χ1v) is 16.0. The second-order valence-corrected chi connectivity index (χ2v) is 15.0. The van der Waals surface area contributed by atoms with E-state index < -0.39 is 10.8 Å². The number of Topliss-reactive ketones (excluding diaryl/α,β-unsaturated/α-hetero) is 2. The van der Waals surface area contributed by atoms with Crippen molar-refractivity contribution in [1.82, 2.24) is 14.8 Å². The predicted molar refractivity (Wildman–Crippen MR) is 166 cm³/mol. The van der Waals surface area contributed by atoms with E-state index in [1.54, 1.807) is 11.0 Å². The molecular formula is C36H45N5O3. The van der Waals surface area contributed by atoms with E-state index in [0.717, 1.165) is 67.2 Å². The van der Waals surface area contributed by atoms with E-state index in [0.29, 0.717) is 36.5 Å². The van der Waals surface area contributed by atoms with E-state index in [1.165, 1.54) is 6.33 Å². The van der Waals surface area contributed by atoms with E-state index in [1.807, 2.05) is 45.9 Å². The van der Waals surface area contributed by atoms with Gasteiger partial charge in [-0.1, -0.05) is 32.0 Å². The van der Waals surface area contributed by atoms with Crippen LogP contribution < -0.4 is 0 Å². The molecule has 2 aromatic rings. The Balaban J connectivity index is 0.000000175. The molecule has 0 bridgehead atoms. The van der Waals surface area contributed by atoms with Crippen molar-refractivity contribution in [2.75, 3.05) is 0 Å². The van der Waals surface area contributed by atoms with Gasteiger partial charge in [-0.2, -0.15) is 15.6 Å². The van der Waals surface area contributed by atoms with Crippen molar-refractivity contribution < 1.29 is 14.7 Å². The number of rotatable bonds is 4. The number of hydrogen-bond acceptors (Lipinski definition) is 7. The van der Waals surface area contributed by atoms with Gasteiger partial charge in [0.1, 0.15) is 18.4 Å². The van der Waals surface area contributed by atoms with Gasteiger partial charge in [-0.3, -0.25) is 9.59 Å². The summed E-state index contributed by atoms with van der Waals surface area (Å²) in [6.45, 7) is 12.5. The number of allylic oxidation sites excluding steroid dienone is 1. The van der Waals surface area contributed by atoms with Crippen LogP contribution in [0.5, 0.6) is 0 Å². The van der Waals surface area contributed by atoms with Crippen molar-refractivity contribution in [2.45, 2.75) is 110 Å². The highest BCUT2D eigenvalue weighted by Crippen LogP contribution is 2.64. The molecule has 1 aromatic heterocycles. The molecule has 0 aliphatic heterocycles. The van der Waals surface area contributed by atoms with Crippen molar-refractivity contribution in [2.24, 2.45) is 28.6 Å². The minimum absolute atomic E-state index is 0.0200. The lowest BCUT2D eigenvalue weighted by molar-refractivity contribution is -0.133. The molecule has 8 nitrogen and oxygen atoms in total. The number of carbonyl (C=O) groups excluding carboxylic acids is 2. The average molecular weight is 596 g/mol. The molecule has 3 fully saturated rings. The van der Waals surface area contributed by atoms with Crippen molar-refractivity contribution in [3.8, 4) is 12.1 Å². The summed E-state index contributed by atoms with van der Waals surface area (Å²) in [6.07, 6.45) is 10.3. The summed E-state index contributed by atoms with van der Waals surface area (Å²) in [5.74, 6) is 2.14. The minimum Gasteiger partial charge on any atom is -0.504 e. The number of nitriles is 2. The van der Waals surface area contributed by atoms with Crippen LogP contribution in [-0.4, -0.2) is 31.4 Å². The smallest absolute Gasteiger partial charge is 0.197 e. The van der Waals surface area contributed by atoms with Crippen LogP contribution in [-0.2, 0) is 27.0 Å². The third-order valence-electron chi connectivity index (χ3n) is 11.6. The molecule has 4 aliphatic carbocycles. The molecule has 1 N–H and O–H groups in total. The summed E-state index contributed by atoms with van der Waals surface area (Å²) in [7, 11) is 0. The summed E-state index contributed by atoms with van der Waals surface area (Å²) >= 11 is 0. The molecule has 1 aromatic carbocycles. The van der Waals surface area contributed by atoms with Crippen molar-refractivity contribution in [3.63, 3.8) is 0 Å². The summed E-state index contributed by atoms with van der Waals surface area (Å²) in [6, 6.07) is 10.6. The fraction of sp³-hybridized carbons (Fsp3) is 0.611. The molecule has 3 saturated carbocycles. The van der Waals surface area contributed by atoms with Gasteiger partial charge in [0.15, 0.2) is 11.5 Å². The van der Waals surface area contributed by atoms with Gasteiger partial charge in [-0.25, -0.2) is 9.67 Å². The first-order chi connectivity index (χ1) is 20.7. The van der Waals surface area contributed by atoms with Crippen molar-refractivity contribution in [3.05, 3.63) is 58.9 Å². The number of fused-ring (bicyclic) bond motifs is 5. The van der Waals surface area contributed by atoms with Crippen LogP contribution in [0.25, 0.3) is 0 Å². The number of carbonyl (C=O) groups is 2. The summed E-state index contributed by atoms with van der Waals surface area (Å²) in [4.78, 5) is 28.2. The molecule has 44 heavy (non-hydrogen) atoms. The van der Waals surface area contributed by atoms with Crippen LogP contribution in [0, 0.1) is 51.2 Å². The topological polar surface area (TPSA) is 133 Å². The molecule has 232 valence electrons. The molecule has 0 unspecified atom stereocenters. The Labute approximate surface area is 261 Å². The van der Waals surface area contributed by atoms with Crippen molar-refractivity contribution in [1.29, 1.82) is 10.5 Å². The maximum absolute atomic E-state index is 12.4. The molecule has 4 aliphatic rings. The number of aliphatic hydroxyl groups excluding tert-OH is 1. The fourth-order valence-electron chi connectivity index (χ4n) is 8.59. The third kappa shape index (κ3) is 5.38. The van der Waals surface area contributed by atoms with Gasteiger partial charge in [0.05, 0.1) is 29.5 Å². The first kappa shape index (κ1) is 31.6. The van der Waals surface area contributed by atoms with Crippen LogP contribution in [0.1, 0.15) is 110 Å². The number of nitrogens with zero attached hydrogens (tertiary/aromatic N) is 5. The number of hydrogen-bond donors (Lipinski definition) is 1. The van der Waals surface area contributed by atoms with Crippen LogP contribution in [0.2, 0.25) is 0 Å². The lowest BCUT2D eigenvalue weighted by Crippen LogP contribution is -2.51. The summed E-state index contributed by atoms with van der Waals surface area (Å²) in [5.41, 5.74) is 2.51. The highest BCUT2D eigenvalue weighted by Gasteiger charge is 2.59. The zero-order valence-corrected chi connectivity index (χ0v) is 27.0. The molecule has 0 amide bonds. The Morgan fingerprint density at radius 2 is 1.55 bits per heavy atom. The van der Waals surface area contributed by atoms with Gasteiger partial charge >= 0.3 is 0 Å². The monoisotopic (exact) mass is 595 g/mol. The Bertz CT molecular complexity index is 1530. The van der Waals surface area contributed by atoms with Gasteiger partial charge in [0.25, 0.3) is 0 Å². The zero-order chi connectivity index (χ0) is 32.1. The average Bonchev–Trinajstić information content (AvgIpc) is 3.62. The normalized spacial score (nSPS) is 29.9. The maximum atomic E-state index is 12.4. The van der Waals surface area contributed by atoms with Crippen LogP contribution in [0.3, 0.4) is 0 Å². The van der Waals surface area contributed by atoms with Gasteiger partial charge < -0.3 is 5.11 Å². The standard InChI is InChI=1S/C19H26O3.C17H19N5/c1-18-10-8-15(20)17(22)14(18)4-3-11-12-5-6-16(21)19(12,2)9-7-13(11)18;1-16(2,9-18)14-5-13(8-22-12-20-11-21-22)6-15(7-14)17(3,4)10-19/h11-13,22H,3-10H2,1-2H3;5-7,11-12H,8H2,1-4H3/t11-,12-,13-,18+,19-;/m0./s1. The second kappa shape index (κ2) is 11.3. The van der Waals surface area contributed by atoms with Gasteiger partial charge in [0.2, 0.25) is 0 Å². The molecule has 0 saturated heterocycles. The van der Waals surface area contributed by atoms with E-state index in [2.05, 4.69) is 36.1 Å². The van der Waals surface area contributed by atoms with E-state index in [9.17, 15) is 25.2 Å². The third-order valence-corrected chi connectivity index (χ3v) is 11.6. The van der Waals surface area contributed by atoms with Gasteiger partial charge in [-0.05, 0) is 112 Å². The summed E-state index contributed by atoms with van der Waals surface area (Å²) < 4.78 is 1.72. The quantitative estimate of drug-likeness (QED) is 0.406. The summed E-state index contributed by atoms with van der Waals surface area (Å²) in [5, 5.41) is 33.2. The lowest BCUT2D eigenvalue weighted by atomic mass is 9.47. The van der Waals surface area contributed by atoms with Gasteiger partial charge in [-0.15, -0.1) is 0 Å². The zero-order valence-electron chi connectivity index (χ0n) is 27.0. The Morgan fingerprint density at radius 3 is 2.14 bits per heavy atom. The minimum atomic E-state index is -0.612. The van der Waals surface area contributed by atoms with E-state index >= 15 is 0 Å². The molecule has 1 heterocycles. The maximum Gasteiger partial charge on any atom is 0.197 e. The molecule has 6 rings (SSSR count). The first-order valence-electron chi connectivity index (χ1n) is 16.0. The van der Waals surface area contributed by atoms with Crippen molar-refractivity contribution >= 4 is 11.6 Å². The molecule has 0 radical (unpaired) electrons. The Hall–Kier alpha value is -3.78. The highest BCUT2D eigenvalue weighted by atomic mass is 16.3. The van der Waals surface area contributed by atoms with Crippen LogP contribution >= 0.6 is 0 Å². The highest BCUT2D eigenvalue weighted by molar-refractivity contribution is 5.95. The number of aliphatic hydroxyl groups is 1.